The maximum absolute atomic E-state index is 5.95. The van der Waals surface area contributed by atoms with Crippen LogP contribution in [0.4, 0.5) is 0 Å². The molecule has 2 N–H and O–H groups in total. The topological polar surface area (TPSA) is 38.9 Å². The summed E-state index contributed by atoms with van der Waals surface area (Å²) in [6.45, 7) is 0.415. The van der Waals surface area contributed by atoms with Crippen LogP contribution in [0, 0.1) is 0 Å². The molecule has 0 radical (unpaired) electrons. The molecule has 1 heterocycles. The van der Waals surface area contributed by atoms with Gasteiger partial charge in [-0.1, -0.05) is 29.3 Å². The summed E-state index contributed by atoms with van der Waals surface area (Å²) in [5.41, 5.74) is 7.36. The van der Waals surface area contributed by atoms with Crippen molar-refractivity contribution in [3.8, 4) is 10.6 Å². The highest BCUT2D eigenvalue weighted by atomic mass is 79.9. The van der Waals surface area contributed by atoms with Crippen LogP contribution in [0.3, 0.4) is 0 Å². The molecule has 0 aliphatic heterocycles. The molecule has 1 aromatic carbocycles. The predicted octanol–water partition coefficient (Wildman–Crippen LogP) is 4.34. The van der Waals surface area contributed by atoms with E-state index in [0.717, 1.165) is 20.1 Å². The average molecular weight is 338 g/mol. The summed E-state index contributed by atoms with van der Waals surface area (Å²) in [5.74, 6) is 0. The molecule has 6 heteroatoms. The van der Waals surface area contributed by atoms with Gasteiger partial charge in [0, 0.05) is 12.1 Å². The van der Waals surface area contributed by atoms with Crippen LogP contribution in [0.5, 0.6) is 0 Å². The minimum Gasteiger partial charge on any atom is -0.325 e. The Labute approximate surface area is 116 Å². The first-order chi connectivity index (χ1) is 7.61. The van der Waals surface area contributed by atoms with Gasteiger partial charge in [-0.05, 0) is 28.1 Å². The highest BCUT2D eigenvalue weighted by Gasteiger charge is 2.10. The molecule has 0 aliphatic rings. The van der Waals surface area contributed by atoms with Gasteiger partial charge >= 0.3 is 0 Å². The molecule has 0 saturated heterocycles. The Balaban J connectivity index is 2.46. The summed E-state index contributed by atoms with van der Waals surface area (Å²) in [5, 5.41) is 1.95. The van der Waals surface area contributed by atoms with Crippen molar-refractivity contribution >= 4 is 50.5 Å². The molecule has 0 fully saturated rings. The van der Waals surface area contributed by atoms with Crippen molar-refractivity contribution in [2.75, 3.05) is 0 Å². The predicted molar refractivity (Wildman–Crippen MR) is 73.2 cm³/mol. The highest BCUT2D eigenvalue weighted by Crippen LogP contribution is 2.34. The first-order valence-electron chi connectivity index (χ1n) is 4.42. The standard InChI is InChI=1S/C10H7BrCl2N2S/c11-9-8(4-14)15-10(16-9)5-1-2-6(12)7(13)3-5/h1-3H,4,14H2. The van der Waals surface area contributed by atoms with Gasteiger partial charge in [0.2, 0.25) is 0 Å². The molecule has 0 saturated carbocycles. The van der Waals surface area contributed by atoms with E-state index in [4.69, 9.17) is 28.9 Å². The van der Waals surface area contributed by atoms with Gasteiger partial charge in [-0.3, -0.25) is 0 Å². The number of benzene rings is 1. The van der Waals surface area contributed by atoms with Gasteiger partial charge in [-0.15, -0.1) is 11.3 Å². The van der Waals surface area contributed by atoms with Crippen LogP contribution in [-0.2, 0) is 6.54 Å². The van der Waals surface area contributed by atoms with E-state index in [9.17, 15) is 0 Å². The van der Waals surface area contributed by atoms with Gasteiger partial charge in [0.15, 0.2) is 0 Å². The van der Waals surface area contributed by atoms with Gasteiger partial charge in [0.05, 0.1) is 19.5 Å². The molecule has 0 aliphatic carbocycles. The van der Waals surface area contributed by atoms with Crippen LogP contribution >= 0.6 is 50.5 Å². The summed E-state index contributed by atoms with van der Waals surface area (Å²) >= 11 is 16.8. The van der Waals surface area contributed by atoms with Crippen molar-refractivity contribution in [3.63, 3.8) is 0 Å². The first-order valence-corrected chi connectivity index (χ1v) is 6.79. The largest absolute Gasteiger partial charge is 0.325 e. The Morgan fingerprint density at radius 1 is 1.31 bits per heavy atom. The molecule has 84 valence electrons. The third-order valence-electron chi connectivity index (χ3n) is 2.01. The van der Waals surface area contributed by atoms with Gasteiger partial charge in [0.1, 0.15) is 5.01 Å². The summed E-state index contributed by atoms with van der Waals surface area (Å²) < 4.78 is 0.955. The number of hydrogen-bond donors (Lipinski definition) is 1. The maximum Gasteiger partial charge on any atom is 0.124 e. The lowest BCUT2D eigenvalue weighted by molar-refractivity contribution is 1.01. The smallest absolute Gasteiger partial charge is 0.124 e. The van der Waals surface area contributed by atoms with Crippen molar-refractivity contribution in [2.24, 2.45) is 5.73 Å². The van der Waals surface area contributed by atoms with Crippen molar-refractivity contribution in [2.45, 2.75) is 6.54 Å². The fourth-order valence-electron chi connectivity index (χ4n) is 1.21. The van der Waals surface area contributed by atoms with E-state index in [1.165, 1.54) is 11.3 Å². The number of rotatable bonds is 2. The van der Waals surface area contributed by atoms with E-state index in [0.29, 0.717) is 16.6 Å². The molecule has 16 heavy (non-hydrogen) atoms. The number of aromatic nitrogens is 1. The third kappa shape index (κ3) is 2.41. The van der Waals surface area contributed by atoms with Crippen molar-refractivity contribution < 1.29 is 0 Å². The molecule has 0 spiro atoms. The number of nitrogens with two attached hydrogens (primary N) is 1. The van der Waals surface area contributed by atoms with E-state index < -0.39 is 0 Å². The molecule has 0 amide bonds. The summed E-state index contributed by atoms with van der Waals surface area (Å²) in [4.78, 5) is 4.41. The van der Waals surface area contributed by atoms with Gasteiger partial charge in [-0.2, -0.15) is 0 Å². The molecule has 0 atom stereocenters. The Morgan fingerprint density at radius 2 is 2.06 bits per heavy atom. The number of halogens is 3. The lowest BCUT2D eigenvalue weighted by atomic mass is 10.2. The number of hydrogen-bond acceptors (Lipinski definition) is 3. The molecule has 2 rings (SSSR count). The van der Waals surface area contributed by atoms with Gasteiger partial charge in [-0.25, -0.2) is 4.98 Å². The van der Waals surface area contributed by atoms with Crippen molar-refractivity contribution in [3.05, 3.63) is 37.7 Å². The van der Waals surface area contributed by atoms with Gasteiger partial charge in [0.25, 0.3) is 0 Å². The normalized spacial score (nSPS) is 10.8. The molecule has 0 bridgehead atoms. The molecular weight excluding hydrogens is 331 g/mol. The van der Waals surface area contributed by atoms with Gasteiger partial charge < -0.3 is 5.73 Å². The van der Waals surface area contributed by atoms with Crippen LogP contribution in [0.1, 0.15) is 5.69 Å². The van der Waals surface area contributed by atoms with Crippen LogP contribution in [0.2, 0.25) is 10.0 Å². The minimum atomic E-state index is 0.415. The Morgan fingerprint density at radius 3 is 2.62 bits per heavy atom. The molecule has 1 aromatic heterocycles. The minimum absolute atomic E-state index is 0.415. The SMILES string of the molecule is NCc1nc(-c2ccc(Cl)c(Cl)c2)sc1Br. The van der Waals surface area contributed by atoms with E-state index >= 15 is 0 Å². The second-order valence-corrected chi connectivity index (χ2v) is 6.20. The number of nitrogens with zero attached hydrogens (tertiary/aromatic N) is 1. The zero-order valence-electron chi connectivity index (χ0n) is 8.01. The van der Waals surface area contributed by atoms with Crippen LogP contribution in [0.25, 0.3) is 10.6 Å². The van der Waals surface area contributed by atoms with Crippen molar-refractivity contribution in [1.29, 1.82) is 0 Å². The zero-order valence-corrected chi connectivity index (χ0v) is 11.9. The summed E-state index contributed by atoms with van der Waals surface area (Å²) in [6, 6.07) is 5.45. The van der Waals surface area contributed by atoms with E-state index in [2.05, 4.69) is 20.9 Å². The fraction of sp³-hybridized carbons (Fsp3) is 0.100. The molecule has 2 nitrogen and oxygen atoms in total. The number of thiazole rings is 1. The molecular formula is C10H7BrCl2N2S. The Kier molecular flexibility index (Phi) is 3.87. The lowest BCUT2D eigenvalue weighted by Crippen LogP contribution is -1.96. The van der Waals surface area contributed by atoms with E-state index in [1.54, 1.807) is 12.1 Å². The second-order valence-electron chi connectivity index (χ2n) is 3.07. The fourth-order valence-corrected chi connectivity index (χ4v) is 3.04. The highest BCUT2D eigenvalue weighted by molar-refractivity contribution is 9.11. The van der Waals surface area contributed by atoms with E-state index in [1.807, 2.05) is 6.07 Å². The van der Waals surface area contributed by atoms with Crippen LogP contribution < -0.4 is 5.73 Å². The van der Waals surface area contributed by atoms with Crippen LogP contribution in [-0.4, -0.2) is 4.98 Å². The van der Waals surface area contributed by atoms with Crippen molar-refractivity contribution in [1.82, 2.24) is 4.98 Å². The zero-order chi connectivity index (χ0) is 11.7. The third-order valence-corrected chi connectivity index (χ3v) is 4.63. The van der Waals surface area contributed by atoms with E-state index in [-0.39, 0.29) is 0 Å². The Bertz CT molecular complexity index is 528. The first kappa shape index (κ1) is 12.3. The molecule has 0 unspecified atom stereocenters. The monoisotopic (exact) mass is 336 g/mol. The lowest BCUT2D eigenvalue weighted by Gasteiger charge is -1.98. The molecule has 2 aromatic rings. The van der Waals surface area contributed by atoms with Crippen LogP contribution in [0.15, 0.2) is 22.0 Å². The Hall–Kier alpha value is -0.130. The summed E-state index contributed by atoms with van der Waals surface area (Å²) in [7, 11) is 0. The maximum atomic E-state index is 5.95. The average Bonchev–Trinajstić information content (AvgIpc) is 2.64. The summed E-state index contributed by atoms with van der Waals surface area (Å²) in [6.07, 6.45) is 0. The second kappa shape index (κ2) is 5.02. The quantitative estimate of drug-likeness (QED) is 0.885.